The van der Waals surface area contributed by atoms with Crippen LogP contribution in [0.2, 0.25) is 5.02 Å². The smallest absolute Gasteiger partial charge is 0.218 e. The summed E-state index contributed by atoms with van der Waals surface area (Å²) in [5, 5.41) is 19.3. The molecule has 0 saturated heterocycles. The first-order chi connectivity index (χ1) is 11.7. The summed E-state index contributed by atoms with van der Waals surface area (Å²) in [6.45, 7) is 1.17. The maximum atomic E-state index is 10.1. The highest BCUT2D eigenvalue weighted by Crippen LogP contribution is 2.42. The standard InChI is InChI=1S/C16H13ClN4O3/c17-10-3-1-4-18-15(10)21-20-14-9-7-12-13(24-6-2-5-23-12)8-11(9)19-16(14)22/h1,3-4,7-8,19,22H,2,5-6H2. The molecular weight excluding hydrogens is 332 g/mol. The van der Waals surface area contributed by atoms with Crippen LogP contribution in [0.15, 0.2) is 40.7 Å². The maximum Gasteiger partial charge on any atom is 0.218 e. The van der Waals surface area contributed by atoms with Crippen molar-refractivity contribution in [2.45, 2.75) is 6.42 Å². The molecule has 8 heteroatoms. The molecule has 7 nitrogen and oxygen atoms in total. The number of nitrogens with one attached hydrogen (secondary N) is 1. The van der Waals surface area contributed by atoms with Gasteiger partial charge in [-0.15, -0.1) is 10.2 Å². The van der Waals surface area contributed by atoms with E-state index in [-0.39, 0.29) is 11.7 Å². The van der Waals surface area contributed by atoms with Gasteiger partial charge in [-0.1, -0.05) is 11.6 Å². The third-order valence-electron chi connectivity index (χ3n) is 3.60. The summed E-state index contributed by atoms with van der Waals surface area (Å²) in [6, 6.07) is 6.93. The second-order valence-electron chi connectivity index (χ2n) is 5.23. The van der Waals surface area contributed by atoms with Crippen molar-refractivity contribution in [2.75, 3.05) is 13.2 Å². The Morgan fingerprint density at radius 1 is 1.17 bits per heavy atom. The molecule has 0 saturated carbocycles. The van der Waals surface area contributed by atoms with Crippen LogP contribution in [0, 0.1) is 0 Å². The molecule has 3 heterocycles. The number of hydrogen-bond donors (Lipinski definition) is 2. The lowest BCUT2D eigenvalue weighted by Gasteiger charge is -2.06. The van der Waals surface area contributed by atoms with E-state index >= 15 is 0 Å². The molecule has 3 aromatic rings. The average molecular weight is 345 g/mol. The van der Waals surface area contributed by atoms with Crippen LogP contribution in [0.25, 0.3) is 10.9 Å². The first-order valence-electron chi connectivity index (χ1n) is 7.39. The van der Waals surface area contributed by atoms with Gasteiger partial charge in [0.25, 0.3) is 0 Å². The van der Waals surface area contributed by atoms with E-state index in [4.69, 9.17) is 21.1 Å². The van der Waals surface area contributed by atoms with Crippen LogP contribution in [0.4, 0.5) is 11.5 Å². The number of aromatic nitrogens is 2. The van der Waals surface area contributed by atoms with Crippen molar-refractivity contribution in [3.05, 3.63) is 35.5 Å². The highest BCUT2D eigenvalue weighted by atomic mass is 35.5. The van der Waals surface area contributed by atoms with Crippen molar-refractivity contribution in [3.63, 3.8) is 0 Å². The van der Waals surface area contributed by atoms with E-state index in [1.165, 1.54) is 0 Å². The Balaban J connectivity index is 1.79. The summed E-state index contributed by atoms with van der Waals surface area (Å²) in [7, 11) is 0. The van der Waals surface area contributed by atoms with Crippen LogP contribution in [0.5, 0.6) is 17.4 Å². The average Bonchev–Trinajstić information content (AvgIpc) is 2.73. The van der Waals surface area contributed by atoms with Crippen LogP contribution in [-0.4, -0.2) is 28.3 Å². The Labute approximate surface area is 141 Å². The lowest BCUT2D eigenvalue weighted by Crippen LogP contribution is -1.97. The topological polar surface area (TPSA) is 92.1 Å². The summed E-state index contributed by atoms with van der Waals surface area (Å²) < 4.78 is 11.3. The number of fused-ring (bicyclic) bond motifs is 2. The highest BCUT2D eigenvalue weighted by molar-refractivity contribution is 6.32. The van der Waals surface area contributed by atoms with Gasteiger partial charge in [-0.25, -0.2) is 4.98 Å². The molecule has 1 aromatic carbocycles. The number of benzene rings is 1. The number of rotatable bonds is 2. The number of nitrogens with zero attached hydrogens (tertiary/aromatic N) is 3. The summed E-state index contributed by atoms with van der Waals surface area (Å²) >= 11 is 6.01. The van der Waals surface area contributed by atoms with Gasteiger partial charge in [0.2, 0.25) is 5.88 Å². The summed E-state index contributed by atoms with van der Waals surface area (Å²) in [6.07, 6.45) is 2.39. The quantitative estimate of drug-likeness (QED) is 0.669. The van der Waals surface area contributed by atoms with Gasteiger partial charge in [0.05, 0.1) is 23.8 Å². The number of halogens is 1. The molecule has 0 fully saturated rings. The van der Waals surface area contributed by atoms with E-state index in [9.17, 15) is 5.11 Å². The van der Waals surface area contributed by atoms with Gasteiger partial charge in [0, 0.05) is 24.1 Å². The van der Waals surface area contributed by atoms with Gasteiger partial charge >= 0.3 is 0 Å². The molecule has 0 aliphatic carbocycles. The minimum absolute atomic E-state index is 0.0963. The molecule has 0 amide bonds. The third-order valence-corrected chi connectivity index (χ3v) is 3.90. The van der Waals surface area contributed by atoms with Gasteiger partial charge in [0.1, 0.15) is 0 Å². The van der Waals surface area contributed by atoms with Crippen molar-refractivity contribution < 1.29 is 14.6 Å². The van der Waals surface area contributed by atoms with Crippen molar-refractivity contribution >= 4 is 34.0 Å². The van der Waals surface area contributed by atoms with Gasteiger partial charge in [0.15, 0.2) is 23.0 Å². The molecule has 2 aromatic heterocycles. The van der Waals surface area contributed by atoms with Crippen LogP contribution >= 0.6 is 11.6 Å². The van der Waals surface area contributed by atoms with Crippen LogP contribution in [-0.2, 0) is 0 Å². The minimum atomic E-state index is -0.0963. The number of ether oxygens (including phenoxy) is 2. The monoisotopic (exact) mass is 344 g/mol. The Morgan fingerprint density at radius 3 is 2.75 bits per heavy atom. The molecule has 0 bridgehead atoms. The molecular formula is C16H13ClN4O3. The summed E-state index contributed by atoms with van der Waals surface area (Å²) in [4.78, 5) is 6.90. The largest absolute Gasteiger partial charge is 0.493 e. The zero-order chi connectivity index (χ0) is 16.5. The normalized spacial score (nSPS) is 14.2. The van der Waals surface area contributed by atoms with Gasteiger partial charge in [-0.05, 0) is 18.2 Å². The van der Waals surface area contributed by atoms with Crippen molar-refractivity contribution in [1.82, 2.24) is 9.97 Å². The second kappa shape index (κ2) is 6.01. The molecule has 1 aliphatic rings. The van der Waals surface area contributed by atoms with Crippen molar-refractivity contribution in [2.24, 2.45) is 10.2 Å². The van der Waals surface area contributed by atoms with Crippen molar-refractivity contribution in [1.29, 1.82) is 0 Å². The van der Waals surface area contributed by atoms with Gasteiger partial charge in [-0.3, -0.25) is 0 Å². The lowest BCUT2D eigenvalue weighted by molar-refractivity contribution is 0.297. The fourth-order valence-electron chi connectivity index (χ4n) is 2.47. The SMILES string of the molecule is Oc1[nH]c2cc3c(cc2c1N=Nc1ncccc1Cl)OCCCO3. The number of aromatic amines is 1. The first kappa shape index (κ1) is 14.8. The Bertz CT molecular complexity index is 938. The number of hydrogen-bond acceptors (Lipinski definition) is 6. The fraction of sp³-hybridized carbons (Fsp3) is 0.188. The summed E-state index contributed by atoms with van der Waals surface area (Å²) in [5.74, 6) is 1.44. The number of azo groups is 1. The van der Waals surface area contributed by atoms with Crippen molar-refractivity contribution in [3.8, 4) is 17.4 Å². The maximum absolute atomic E-state index is 10.1. The number of pyridine rings is 1. The zero-order valence-electron chi connectivity index (χ0n) is 12.5. The molecule has 1 aliphatic heterocycles. The predicted molar refractivity (Wildman–Crippen MR) is 89.0 cm³/mol. The molecule has 122 valence electrons. The van der Waals surface area contributed by atoms with E-state index in [2.05, 4.69) is 20.2 Å². The molecule has 0 atom stereocenters. The van der Waals surface area contributed by atoms with Crippen LogP contribution < -0.4 is 9.47 Å². The molecule has 0 radical (unpaired) electrons. The number of aromatic hydroxyl groups is 1. The minimum Gasteiger partial charge on any atom is -0.493 e. The predicted octanol–water partition coefficient (Wildman–Crippen LogP) is 4.50. The lowest BCUT2D eigenvalue weighted by atomic mass is 10.2. The van der Waals surface area contributed by atoms with Crippen LogP contribution in [0.3, 0.4) is 0 Å². The van der Waals surface area contributed by atoms with E-state index in [0.29, 0.717) is 46.3 Å². The summed E-state index contributed by atoms with van der Waals surface area (Å²) in [5.41, 5.74) is 0.972. The van der Waals surface area contributed by atoms with E-state index in [1.54, 1.807) is 30.5 Å². The van der Waals surface area contributed by atoms with Gasteiger partial charge < -0.3 is 19.6 Å². The molecule has 0 unspecified atom stereocenters. The Kier molecular flexibility index (Phi) is 3.70. The Hall–Kier alpha value is -2.80. The van der Waals surface area contributed by atoms with E-state index in [1.807, 2.05) is 0 Å². The van der Waals surface area contributed by atoms with E-state index < -0.39 is 0 Å². The highest BCUT2D eigenvalue weighted by Gasteiger charge is 2.17. The van der Waals surface area contributed by atoms with E-state index in [0.717, 1.165) is 6.42 Å². The second-order valence-corrected chi connectivity index (χ2v) is 5.63. The molecule has 2 N–H and O–H groups in total. The molecule has 24 heavy (non-hydrogen) atoms. The van der Waals surface area contributed by atoms with Crippen LogP contribution in [0.1, 0.15) is 6.42 Å². The van der Waals surface area contributed by atoms with Gasteiger partial charge in [-0.2, -0.15) is 0 Å². The molecule has 0 spiro atoms. The number of H-pyrrole nitrogens is 1. The zero-order valence-corrected chi connectivity index (χ0v) is 13.2. The Morgan fingerprint density at radius 2 is 1.96 bits per heavy atom. The fourth-order valence-corrected chi connectivity index (χ4v) is 2.63. The third kappa shape index (κ3) is 2.63. The first-order valence-corrected chi connectivity index (χ1v) is 7.77. The molecule has 4 rings (SSSR count).